The van der Waals surface area contributed by atoms with Crippen molar-refractivity contribution in [3.05, 3.63) is 28.8 Å². The van der Waals surface area contributed by atoms with Gasteiger partial charge in [-0.3, -0.25) is 0 Å². The van der Waals surface area contributed by atoms with Gasteiger partial charge in [0.15, 0.2) is 0 Å². The van der Waals surface area contributed by atoms with Crippen molar-refractivity contribution in [1.29, 1.82) is 0 Å². The number of aliphatic hydroxyl groups is 1. The number of hydrogen-bond donors (Lipinski definition) is 2. The SMILES string of the molecule is COc1c(C)cc(C(O)CCN)cc1C. The van der Waals surface area contributed by atoms with E-state index in [1.165, 1.54) is 0 Å². The average molecular weight is 209 g/mol. The minimum absolute atomic E-state index is 0.474. The third kappa shape index (κ3) is 2.70. The zero-order valence-electron chi connectivity index (χ0n) is 9.58. The van der Waals surface area contributed by atoms with Gasteiger partial charge in [-0.2, -0.15) is 0 Å². The predicted molar refractivity (Wildman–Crippen MR) is 61.1 cm³/mol. The average Bonchev–Trinajstić information content (AvgIpc) is 2.17. The van der Waals surface area contributed by atoms with Crippen LogP contribution in [0.25, 0.3) is 0 Å². The topological polar surface area (TPSA) is 55.5 Å². The van der Waals surface area contributed by atoms with Crippen molar-refractivity contribution < 1.29 is 9.84 Å². The summed E-state index contributed by atoms with van der Waals surface area (Å²) in [4.78, 5) is 0. The molecule has 0 aromatic heterocycles. The second-order valence-electron chi connectivity index (χ2n) is 3.78. The Morgan fingerprint density at radius 3 is 2.27 bits per heavy atom. The van der Waals surface area contributed by atoms with Gasteiger partial charge in [0.1, 0.15) is 5.75 Å². The molecule has 0 bridgehead atoms. The maximum absolute atomic E-state index is 9.81. The quantitative estimate of drug-likeness (QED) is 0.793. The van der Waals surface area contributed by atoms with Crippen LogP contribution >= 0.6 is 0 Å². The van der Waals surface area contributed by atoms with Crippen LogP contribution in [0.1, 0.15) is 29.2 Å². The van der Waals surface area contributed by atoms with Crippen LogP contribution in [0.4, 0.5) is 0 Å². The summed E-state index contributed by atoms with van der Waals surface area (Å²) < 4.78 is 5.26. The van der Waals surface area contributed by atoms with Crippen molar-refractivity contribution >= 4 is 0 Å². The Hall–Kier alpha value is -1.06. The Balaban J connectivity index is 3.02. The maximum atomic E-state index is 9.81. The lowest BCUT2D eigenvalue weighted by molar-refractivity contribution is 0.170. The molecular formula is C12H19NO2. The molecule has 3 nitrogen and oxygen atoms in total. The molecule has 1 atom stereocenters. The minimum atomic E-state index is -0.474. The van der Waals surface area contributed by atoms with Gasteiger partial charge in [-0.25, -0.2) is 0 Å². The molecule has 0 aliphatic rings. The molecule has 0 spiro atoms. The fourth-order valence-corrected chi connectivity index (χ4v) is 1.82. The molecule has 1 aromatic carbocycles. The van der Waals surface area contributed by atoms with Crippen LogP contribution in [0, 0.1) is 13.8 Å². The molecule has 0 saturated carbocycles. The lowest BCUT2D eigenvalue weighted by Gasteiger charge is -2.14. The number of aryl methyl sites for hydroxylation is 2. The summed E-state index contributed by atoms with van der Waals surface area (Å²) in [6.45, 7) is 4.44. The lowest BCUT2D eigenvalue weighted by Crippen LogP contribution is -2.07. The highest BCUT2D eigenvalue weighted by Crippen LogP contribution is 2.27. The first-order chi connectivity index (χ1) is 7.10. The van der Waals surface area contributed by atoms with Crippen molar-refractivity contribution in [3.63, 3.8) is 0 Å². The van der Waals surface area contributed by atoms with Crippen LogP contribution in [0.15, 0.2) is 12.1 Å². The summed E-state index contributed by atoms with van der Waals surface area (Å²) >= 11 is 0. The zero-order valence-corrected chi connectivity index (χ0v) is 9.58. The standard InChI is InChI=1S/C12H19NO2/c1-8-6-10(11(14)4-5-13)7-9(2)12(8)15-3/h6-7,11,14H,4-5,13H2,1-3H3. The van der Waals surface area contributed by atoms with Gasteiger partial charge in [-0.1, -0.05) is 0 Å². The van der Waals surface area contributed by atoms with E-state index in [0.717, 1.165) is 22.4 Å². The highest BCUT2D eigenvalue weighted by atomic mass is 16.5. The first-order valence-electron chi connectivity index (χ1n) is 5.13. The molecule has 3 heteroatoms. The monoisotopic (exact) mass is 209 g/mol. The smallest absolute Gasteiger partial charge is 0.124 e. The van der Waals surface area contributed by atoms with E-state index in [4.69, 9.17) is 10.5 Å². The summed E-state index contributed by atoms with van der Waals surface area (Å²) in [7, 11) is 1.66. The van der Waals surface area contributed by atoms with E-state index in [0.29, 0.717) is 13.0 Å². The van der Waals surface area contributed by atoms with Gasteiger partial charge >= 0.3 is 0 Å². The Bertz CT molecular complexity index is 313. The summed E-state index contributed by atoms with van der Waals surface area (Å²) in [5, 5.41) is 9.81. The first-order valence-corrected chi connectivity index (χ1v) is 5.13. The highest BCUT2D eigenvalue weighted by Gasteiger charge is 2.11. The Morgan fingerprint density at radius 1 is 1.33 bits per heavy atom. The molecule has 0 saturated heterocycles. The van der Waals surface area contributed by atoms with Gasteiger partial charge < -0.3 is 15.6 Å². The predicted octanol–water partition coefficient (Wildman–Crippen LogP) is 1.69. The van der Waals surface area contributed by atoms with Gasteiger partial charge in [0.25, 0.3) is 0 Å². The molecular weight excluding hydrogens is 190 g/mol. The van der Waals surface area contributed by atoms with Crippen LogP contribution in [0.5, 0.6) is 5.75 Å². The number of rotatable bonds is 4. The molecule has 1 rings (SSSR count). The van der Waals surface area contributed by atoms with Crippen LogP contribution in [0.3, 0.4) is 0 Å². The molecule has 0 fully saturated rings. The van der Waals surface area contributed by atoms with Crippen molar-refractivity contribution in [3.8, 4) is 5.75 Å². The van der Waals surface area contributed by atoms with Gasteiger partial charge in [0.05, 0.1) is 13.2 Å². The molecule has 0 amide bonds. The minimum Gasteiger partial charge on any atom is -0.496 e. The van der Waals surface area contributed by atoms with E-state index in [1.54, 1.807) is 7.11 Å². The van der Waals surface area contributed by atoms with E-state index in [2.05, 4.69) is 0 Å². The van der Waals surface area contributed by atoms with E-state index in [1.807, 2.05) is 26.0 Å². The Kier molecular flexibility index (Phi) is 4.12. The van der Waals surface area contributed by atoms with Crippen LogP contribution in [-0.4, -0.2) is 18.8 Å². The van der Waals surface area contributed by atoms with E-state index in [9.17, 15) is 5.11 Å². The summed E-state index contributed by atoms with van der Waals surface area (Å²) in [5.74, 6) is 0.888. The van der Waals surface area contributed by atoms with Crippen molar-refractivity contribution in [2.45, 2.75) is 26.4 Å². The molecule has 3 N–H and O–H groups in total. The Morgan fingerprint density at radius 2 is 1.87 bits per heavy atom. The third-order valence-electron chi connectivity index (χ3n) is 2.51. The first kappa shape index (κ1) is 12.0. The molecule has 0 heterocycles. The number of ether oxygens (including phenoxy) is 1. The van der Waals surface area contributed by atoms with Crippen molar-refractivity contribution in [1.82, 2.24) is 0 Å². The van der Waals surface area contributed by atoms with Crippen molar-refractivity contribution in [2.75, 3.05) is 13.7 Å². The van der Waals surface area contributed by atoms with Crippen molar-refractivity contribution in [2.24, 2.45) is 5.73 Å². The Labute approximate surface area is 90.9 Å². The fourth-order valence-electron chi connectivity index (χ4n) is 1.82. The van der Waals surface area contributed by atoms with Gasteiger partial charge in [-0.05, 0) is 55.6 Å². The summed E-state index contributed by atoms with van der Waals surface area (Å²) in [5.41, 5.74) is 8.42. The van der Waals surface area contributed by atoms with Gasteiger partial charge in [-0.15, -0.1) is 0 Å². The molecule has 0 radical (unpaired) electrons. The number of hydrogen-bond acceptors (Lipinski definition) is 3. The molecule has 0 aliphatic carbocycles. The highest BCUT2D eigenvalue weighted by molar-refractivity contribution is 5.43. The normalized spacial score (nSPS) is 12.6. The van der Waals surface area contributed by atoms with E-state index >= 15 is 0 Å². The zero-order chi connectivity index (χ0) is 11.4. The second-order valence-corrected chi connectivity index (χ2v) is 3.78. The molecule has 1 aromatic rings. The van der Waals surface area contributed by atoms with Crippen LogP contribution in [-0.2, 0) is 0 Å². The van der Waals surface area contributed by atoms with Gasteiger partial charge in [0.2, 0.25) is 0 Å². The largest absolute Gasteiger partial charge is 0.496 e. The lowest BCUT2D eigenvalue weighted by atomic mass is 10.0. The number of methoxy groups -OCH3 is 1. The maximum Gasteiger partial charge on any atom is 0.124 e. The molecule has 84 valence electrons. The van der Waals surface area contributed by atoms with E-state index in [-0.39, 0.29) is 0 Å². The number of nitrogens with two attached hydrogens (primary N) is 1. The fraction of sp³-hybridized carbons (Fsp3) is 0.500. The van der Waals surface area contributed by atoms with E-state index < -0.39 is 6.10 Å². The number of aliphatic hydroxyl groups excluding tert-OH is 1. The molecule has 0 aliphatic heterocycles. The van der Waals surface area contributed by atoms with Crippen LogP contribution < -0.4 is 10.5 Å². The third-order valence-corrected chi connectivity index (χ3v) is 2.51. The molecule has 1 unspecified atom stereocenters. The number of benzene rings is 1. The van der Waals surface area contributed by atoms with Gasteiger partial charge in [0, 0.05) is 0 Å². The second kappa shape index (κ2) is 5.14. The van der Waals surface area contributed by atoms with Crippen LogP contribution in [0.2, 0.25) is 0 Å². The molecule has 15 heavy (non-hydrogen) atoms. The summed E-state index contributed by atoms with van der Waals surface area (Å²) in [6.07, 6.45) is 0.115. The summed E-state index contributed by atoms with van der Waals surface area (Å²) in [6, 6.07) is 3.90.